The molecule has 0 unspecified atom stereocenters. The van der Waals surface area contributed by atoms with Gasteiger partial charge in [0.05, 0.1) is 36.4 Å². The lowest BCUT2D eigenvalue weighted by molar-refractivity contribution is -0.927. The fourth-order valence-corrected chi connectivity index (χ4v) is 5.86. The molecule has 1 aliphatic rings. The second kappa shape index (κ2) is 9.89. The number of nitrogens with zero attached hydrogens (tertiary/aromatic N) is 7. The molecule has 0 aliphatic carbocycles. The zero-order valence-corrected chi connectivity index (χ0v) is 20.2. The molecule has 0 spiro atoms. The van der Waals surface area contributed by atoms with Crippen LogP contribution in [-0.2, 0) is 13.0 Å². The zero-order chi connectivity index (χ0) is 23.5. The average molecular weight is 484 g/mol. The summed E-state index contributed by atoms with van der Waals surface area (Å²) in [7, 11) is 0. The number of pyridine rings is 1. The lowest BCUT2D eigenvalue weighted by Crippen LogP contribution is -3.15. The fourth-order valence-electron chi connectivity index (χ4n) is 4.84. The molecule has 3 aromatic heterocycles. The van der Waals surface area contributed by atoms with Crippen molar-refractivity contribution in [2.75, 3.05) is 31.1 Å². The molecule has 2 aromatic carbocycles. The van der Waals surface area contributed by atoms with Crippen molar-refractivity contribution in [1.82, 2.24) is 30.2 Å². The smallest absolute Gasteiger partial charge is 0.214 e. The highest BCUT2D eigenvalue weighted by Gasteiger charge is 2.35. The summed E-state index contributed by atoms with van der Waals surface area (Å²) in [6.07, 6.45) is 4.66. The number of nitrogens with one attached hydrogen (secondary N) is 1. The van der Waals surface area contributed by atoms with Crippen molar-refractivity contribution in [3.8, 4) is 0 Å². The van der Waals surface area contributed by atoms with E-state index in [9.17, 15) is 0 Å². The van der Waals surface area contributed by atoms with Gasteiger partial charge < -0.3 is 9.80 Å². The van der Waals surface area contributed by atoms with E-state index >= 15 is 0 Å². The summed E-state index contributed by atoms with van der Waals surface area (Å²) in [4.78, 5) is 13.1. The first-order valence-electron chi connectivity index (χ1n) is 12.0. The Balaban J connectivity index is 1.23. The van der Waals surface area contributed by atoms with E-state index < -0.39 is 0 Å². The van der Waals surface area contributed by atoms with Gasteiger partial charge >= 0.3 is 0 Å². The third-order valence-electron chi connectivity index (χ3n) is 6.66. The average Bonchev–Trinajstić information content (AvgIpc) is 3.57. The summed E-state index contributed by atoms with van der Waals surface area (Å²) < 4.78 is 3.21. The highest BCUT2D eigenvalue weighted by atomic mass is 32.1. The monoisotopic (exact) mass is 483 g/mol. The number of hydrogen-bond acceptors (Lipinski definition) is 7. The molecule has 0 saturated carbocycles. The van der Waals surface area contributed by atoms with Crippen LogP contribution in [-0.4, -0.2) is 56.4 Å². The van der Waals surface area contributed by atoms with Crippen LogP contribution in [0.4, 0.5) is 5.13 Å². The van der Waals surface area contributed by atoms with Crippen LogP contribution in [0.5, 0.6) is 0 Å². The number of aromatic nitrogens is 6. The van der Waals surface area contributed by atoms with Crippen LogP contribution in [0.3, 0.4) is 0 Å². The highest BCUT2D eigenvalue weighted by molar-refractivity contribution is 7.22. The van der Waals surface area contributed by atoms with Crippen LogP contribution in [0.25, 0.3) is 10.2 Å². The molecule has 0 bridgehead atoms. The van der Waals surface area contributed by atoms with Crippen LogP contribution in [0.1, 0.15) is 23.0 Å². The van der Waals surface area contributed by atoms with Gasteiger partial charge in [-0.05, 0) is 46.7 Å². The summed E-state index contributed by atoms with van der Waals surface area (Å²) in [6, 6.07) is 23.0. The number of para-hydroxylation sites is 1. The van der Waals surface area contributed by atoms with E-state index in [0.717, 1.165) is 61.2 Å². The van der Waals surface area contributed by atoms with Crippen molar-refractivity contribution < 1.29 is 4.90 Å². The molecule has 1 N–H and O–H groups in total. The third kappa shape index (κ3) is 4.65. The van der Waals surface area contributed by atoms with Gasteiger partial charge in [-0.3, -0.25) is 4.98 Å². The number of anilines is 1. The lowest BCUT2D eigenvalue weighted by Gasteiger charge is -2.36. The SMILES string of the molecule is c1ccc(CCn2nnnc2[C@H](c2cccnc2)[NH+]2CCN(c3nc4ccccc4s3)CC2)cc1. The molecule has 6 rings (SSSR count). The molecule has 1 aliphatic heterocycles. The van der Waals surface area contributed by atoms with Crippen molar-refractivity contribution in [3.63, 3.8) is 0 Å². The fraction of sp³-hybridized carbons (Fsp3) is 0.269. The number of quaternary nitrogens is 1. The Labute approximate surface area is 207 Å². The molecule has 1 fully saturated rings. The van der Waals surface area contributed by atoms with E-state index in [0.29, 0.717) is 0 Å². The summed E-state index contributed by atoms with van der Waals surface area (Å²) in [6.45, 7) is 4.57. The minimum Gasteiger partial charge on any atom is -0.337 e. The molecule has 35 heavy (non-hydrogen) atoms. The van der Waals surface area contributed by atoms with Gasteiger partial charge in [-0.15, -0.1) is 5.10 Å². The molecule has 9 heteroatoms. The van der Waals surface area contributed by atoms with Gasteiger partial charge in [-0.25, -0.2) is 9.67 Å². The van der Waals surface area contributed by atoms with Gasteiger partial charge in [0.25, 0.3) is 0 Å². The highest BCUT2D eigenvalue weighted by Crippen LogP contribution is 2.28. The summed E-state index contributed by atoms with van der Waals surface area (Å²) in [5, 5.41) is 14.1. The van der Waals surface area contributed by atoms with E-state index in [1.54, 1.807) is 11.3 Å². The predicted octanol–water partition coefficient (Wildman–Crippen LogP) is 2.42. The number of piperazine rings is 1. The molecular weight excluding hydrogens is 456 g/mol. The third-order valence-corrected chi connectivity index (χ3v) is 7.75. The van der Waals surface area contributed by atoms with Crippen LogP contribution < -0.4 is 9.80 Å². The largest absolute Gasteiger partial charge is 0.337 e. The van der Waals surface area contributed by atoms with Gasteiger partial charge in [-0.2, -0.15) is 0 Å². The molecule has 4 heterocycles. The molecule has 0 amide bonds. The summed E-state index contributed by atoms with van der Waals surface area (Å²) >= 11 is 1.77. The standard InChI is InChI=1S/C26H26N8S/c1-2-7-20(8-3-1)12-14-34-25(29-30-31-34)24(21-9-6-13-27-19-21)32-15-17-33(18-16-32)26-28-22-10-4-5-11-23(22)35-26/h1-11,13,19,24H,12,14-18H2/p+1/t24-/m0/s1. The number of hydrogen-bond donors (Lipinski definition) is 1. The maximum atomic E-state index is 4.87. The van der Waals surface area contributed by atoms with Crippen LogP contribution in [0, 0.1) is 0 Å². The first-order chi connectivity index (χ1) is 17.3. The molecule has 5 aromatic rings. The second-order valence-corrected chi connectivity index (χ2v) is 9.83. The Morgan fingerprint density at radius 1 is 0.943 bits per heavy atom. The number of fused-ring (bicyclic) bond motifs is 1. The van der Waals surface area contributed by atoms with Gasteiger partial charge in [0.15, 0.2) is 11.2 Å². The maximum absolute atomic E-state index is 4.87. The number of benzene rings is 2. The van der Waals surface area contributed by atoms with Crippen molar-refractivity contribution in [2.24, 2.45) is 0 Å². The number of rotatable bonds is 7. The minimum absolute atomic E-state index is 0.0343. The lowest BCUT2D eigenvalue weighted by atomic mass is 10.1. The van der Waals surface area contributed by atoms with Crippen LogP contribution >= 0.6 is 11.3 Å². The Bertz CT molecular complexity index is 1340. The quantitative estimate of drug-likeness (QED) is 0.383. The Kier molecular flexibility index (Phi) is 6.17. The van der Waals surface area contributed by atoms with E-state index in [2.05, 4.69) is 73.9 Å². The van der Waals surface area contributed by atoms with Gasteiger partial charge in [0.2, 0.25) is 5.82 Å². The predicted molar refractivity (Wildman–Crippen MR) is 137 cm³/mol. The molecule has 1 atom stereocenters. The summed E-state index contributed by atoms with van der Waals surface area (Å²) in [5.74, 6) is 0.900. The number of aryl methyl sites for hydroxylation is 2. The summed E-state index contributed by atoms with van der Waals surface area (Å²) in [5.41, 5.74) is 3.50. The van der Waals surface area contributed by atoms with E-state index in [4.69, 9.17) is 4.98 Å². The molecule has 1 saturated heterocycles. The van der Waals surface area contributed by atoms with Crippen molar-refractivity contribution >= 4 is 26.7 Å². The molecule has 8 nitrogen and oxygen atoms in total. The van der Waals surface area contributed by atoms with Gasteiger partial charge in [0, 0.05) is 24.5 Å². The number of tetrazole rings is 1. The Morgan fingerprint density at radius 3 is 2.57 bits per heavy atom. The van der Waals surface area contributed by atoms with Crippen molar-refractivity contribution in [2.45, 2.75) is 19.0 Å². The van der Waals surface area contributed by atoms with Crippen molar-refractivity contribution in [3.05, 3.63) is 96.1 Å². The van der Waals surface area contributed by atoms with Gasteiger partial charge in [-0.1, -0.05) is 53.8 Å². The molecule has 0 radical (unpaired) electrons. The minimum atomic E-state index is 0.0343. The maximum Gasteiger partial charge on any atom is 0.214 e. The zero-order valence-electron chi connectivity index (χ0n) is 19.4. The first-order valence-corrected chi connectivity index (χ1v) is 12.8. The number of thiazole rings is 1. The van der Waals surface area contributed by atoms with E-state index in [-0.39, 0.29) is 6.04 Å². The normalized spacial score (nSPS) is 15.5. The second-order valence-electron chi connectivity index (χ2n) is 8.82. The van der Waals surface area contributed by atoms with E-state index in [1.807, 2.05) is 35.3 Å². The van der Waals surface area contributed by atoms with Crippen LogP contribution in [0.2, 0.25) is 0 Å². The molecule has 176 valence electrons. The van der Waals surface area contributed by atoms with Crippen LogP contribution in [0.15, 0.2) is 79.1 Å². The van der Waals surface area contributed by atoms with Gasteiger partial charge in [0.1, 0.15) is 0 Å². The molecular formula is C26H27N8S+. The Hall–Kier alpha value is -3.69. The Morgan fingerprint density at radius 2 is 1.77 bits per heavy atom. The van der Waals surface area contributed by atoms with E-state index in [1.165, 1.54) is 15.2 Å². The first kappa shape index (κ1) is 21.8. The topological polar surface area (TPSA) is 77.1 Å². The van der Waals surface area contributed by atoms with Crippen molar-refractivity contribution in [1.29, 1.82) is 0 Å².